The summed E-state index contributed by atoms with van der Waals surface area (Å²) in [6.07, 6.45) is 2.04. The van der Waals surface area contributed by atoms with Gasteiger partial charge in [-0.3, -0.25) is 0 Å². The number of aromatic nitrogens is 1. The highest BCUT2D eigenvalue weighted by atomic mass is 19.1. The predicted molar refractivity (Wildman–Crippen MR) is 80.1 cm³/mol. The van der Waals surface area contributed by atoms with Gasteiger partial charge in [-0.15, -0.1) is 0 Å². The fourth-order valence-electron chi connectivity index (χ4n) is 2.60. The van der Waals surface area contributed by atoms with Gasteiger partial charge < -0.3 is 10.3 Å². The Hall–Kier alpha value is -2.13. The molecule has 3 rings (SSSR count). The van der Waals surface area contributed by atoms with Crippen molar-refractivity contribution < 1.29 is 4.39 Å². The SMILES string of the molecule is Cc1ccc(F)cc1Cn1ccc2c(CN)cccc21. The second kappa shape index (κ2) is 5.10. The van der Waals surface area contributed by atoms with E-state index in [-0.39, 0.29) is 5.82 Å². The Morgan fingerprint density at radius 3 is 2.75 bits per heavy atom. The minimum absolute atomic E-state index is 0.190. The van der Waals surface area contributed by atoms with E-state index in [1.807, 2.05) is 31.3 Å². The van der Waals surface area contributed by atoms with Crippen molar-refractivity contribution in [1.82, 2.24) is 4.57 Å². The van der Waals surface area contributed by atoms with Crippen LogP contribution < -0.4 is 5.73 Å². The first-order chi connectivity index (χ1) is 9.69. The first-order valence-electron chi connectivity index (χ1n) is 6.71. The molecule has 0 aliphatic rings. The van der Waals surface area contributed by atoms with Gasteiger partial charge in [0.05, 0.1) is 0 Å². The van der Waals surface area contributed by atoms with Crippen LogP contribution in [0.3, 0.4) is 0 Å². The van der Waals surface area contributed by atoms with Crippen molar-refractivity contribution in [2.75, 3.05) is 0 Å². The van der Waals surface area contributed by atoms with Gasteiger partial charge in [0, 0.05) is 30.2 Å². The van der Waals surface area contributed by atoms with Crippen LogP contribution in [-0.4, -0.2) is 4.57 Å². The molecule has 1 aromatic heterocycles. The van der Waals surface area contributed by atoms with Gasteiger partial charge in [-0.25, -0.2) is 4.39 Å². The van der Waals surface area contributed by atoms with Crippen molar-refractivity contribution in [2.45, 2.75) is 20.0 Å². The summed E-state index contributed by atoms with van der Waals surface area (Å²) in [5, 5.41) is 1.17. The molecular formula is C17H17FN2. The van der Waals surface area contributed by atoms with E-state index in [9.17, 15) is 4.39 Å². The summed E-state index contributed by atoms with van der Waals surface area (Å²) < 4.78 is 15.5. The van der Waals surface area contributed by atoms with Gasteiger partial charge in [-0.1, -0.05) is 18.2 Å². The molecule has 0 saturated heterocycles. The summed E-state index contributed by atoms with van der Waals surface area (Å²) >= 11 is 0. The standard InChI is InChI=1S/C17H17FN2/c1-12-5-6-15(18)9-14(12)11-20-8-7-16-13(10-19)3-2-4-17(16)20/h2-9H,10-11,19H2,1H3. The monoisotopic (exact) mass is 268 g/mol. The van der Waals surface area contributed by atoms with Crippen LogP contribution in [0.1, 0.15) is 16.7 Å². The van der Waals surface area contributed by atoms with E-state index in [1.54, 1.807) is 6.07 Å². The van der Waals surface area contributed by atoms with Crippen molar-refractivity contribution in [3.63, 3.8) is 0 Å². The first-order valence-corrected chi connectivity index (χ1v) is 6.71. The normalized spacial score (nSPS) is 11.2. The molecule has 2 N–H and O–H groups in total. The highest BCUT2D eigenvalue weighted by Gasteiger charge is 2.07. The van der Waals surface area contributed by atoms with Crippen LogP contribution in [0.15, 0.2) is 48.7 Å². The van der Waals surface area contributed by atoms with E-state index in [1.165, 1.54) is 11.5 Å². The average Bonchev–Trinajstić information content (AvgIpc) is 2.86. The number of hydrogen-bond acceptors (Lipinski definition) is 1. The molecular weight excluding hydrogens is 251 g/mol. The minimum atomic E-state index is -0.190. The maximum absolute atomic E-state index is 13.4. The lowest BCUT2D eigenvalue weighted by Crippen LogP contribution is -2.01. The Morgan fingerprint density at radius 1 is 1.10 bits per heavy atom. The molecule has 0 bridgehead atoms. The van der Waals surface area contributed by atoms with Gasteiger partial charge in [0.1, 0.15) is 5.82 Å². The summed E-state index contributed by atoms with van der Waals surface area (Å²) in [4.78, 5) is 0. The van der Waals surface area contributed by atoms with Crippen LogP contribution >= 0.6 is 0 Å². The van der Waals surface area contributed by atoms with E-state index in [0.717, 1.165) is 22.2 Å². The third-order valence-corrected chi connectivity index (χ3v) is 3.78. The molecule has 0 saturated carbocycles. The molecule has 0 atom stereocenters. The van der Waals surface area contributed by atoms with E-state index in [2.05, 4.69) is 16.7 Å². The van der Waals surface area contributed by atoms with Crippen molar-refractivity contribution in [3.8, 4) is 0 Å². The Morgan fingerprint density at radius 2 is 1.95 bits per heavy atom. The summed E-state index contributed by atoms with van der Waals surface area (Å²) in [5.74, 6) is -0.190. The van der Waals surface area contributed by atoms with Crippen LogP contribution in [0, 0.1) is 12.7 Å². The maximum atomic E-state index is 13.4. The van der Waals surface area contributed by atoms with E-state index in [4.69, 9.17) is 5.73 Å². The molecule has 0 amide bonds. The third-order valence-electron chi connectivity index (χ3n) is 3.78. The number of nitrogens with two attached hydrogens (primary N) is 1. The van der Waals surface area contributed by atoms with Gasteiger partial charge in [0.15, 0.2) is 0 Å². The van der Waals surface area contributed by atoms with Crippen molar-refractivity contribution in [1.29, 1.82) is 0 Å². The Balaban J connectivity index is 2.05. The van der Waals surface area contributed by atoms with Gasteiger partial charge in [-0.2, -0.15) is 0 Å². The molecule has 0 radical (unpaired) electrons. The van der Waals surface area contributed by atoms with Gasteiger partial charge in [-0.05, 0) is 47.9 Å². The molecule has 0 aliphatic carbocycles. The molecule has 3 heteroatoms. The maximum Gasteiger partial charge on any atom is 0.123 e. The van der Waals surface area contributed by atoms with E-state index < -0.39 is 0 Å². The molecule has 3 aromatic rings. The second-order valence-corrected chi connectivity index (χ2v) is 5.07. The van der Waals surface area contributed by atoms with Crippen LogP contribution in [0.4, 0.5) is 4.39 Å². The van der Waals surface area contributed by atoms with Crippen LogP contribution in [0.5, 0.6) is 0 Å². The van der Waals surface area contributed by atoms with Crippen molar-refractivity contribution >= 4 is 10.9 Å². The van der Waals surface area contributed by atoms with Crippen LogP contribution in [0.25, 0.3) is 10.9 Å². The Bertz CT molecular complexity index is 759. The van der Waals surface area contributed by atoms with Crippen LogP contribution in [0.2, 0.25) is 0 Å². The van der Waals surface area contributed by atoms with Gasteiger partial charge in [0.2, 0.25) is 0 Å². The largest absolute Gasteiger partial charge is 0.343 e. The van der Waals surface area contributed by atoms with E-state index >= 15 is 0 Å². The lowest BCUT2D eigenvalue weighted by atomic mass is 10.1. The van der Waals surface area contributed by atoms with E-state index in [0.29, 0.717) is 13.1 Å². The van der Waals surface area contributed by atoms with Gasteiger partial charge >= 0.3 is 0 Å². The number of benzene rings is 2. The third kappa shape index (κ3) is 2.21. The highest BCUT2D eigenvalue weighted by Crippen LogP contribution is 2.22. The number of fused-ring (bicyclic) bond motifs is 1. The summed E-state index contributed by atoms with van der Waals surface area (Å²) in [6, 6.07) is 13.1. The molecule has 2 aromatic carbocycles. The number of aryl methyl sites for hydroxylation is 1. The summed E-state index contributed by atoms with van der Waals surface area (Å²) in [6.45, 7) is 3.20. The summed E-state index contributed by atoms with van der Waals surface area (Å²) in [5.41, 5.74) is 10.1. The number of halogens is 1. The predicted octanol–water partition coefficient (Wildman–Crippen LogP) is 3.60. The number of nitrogens with zero attached hydrogens (tertiary/aromatic N) is 1. The molecule has 0 spiro atoms. The fraction of sp³-hybridized carbons (Fsp3) is 0.176. The molecule has 102 valence electrons. The average molecular weight is 268 g/mol. The lowest BCUT2D eigenvalue weighted by Gasteiger charge is -2.09. The van der Waals surface area contributed by atoms with Crippen molar-refractivity contribution in [3.05, 3.63) is 71.2 Å². The molecule has 0 unspecified atom stereocenters. The van der Waals surface area contributed by atoms with Crippen molar-refractivity contribution in [2.24, 2.45) is 5.73 Å². The smallest absolute Gasteiger partial charge is 0.123 e. The summed E-state index contributed by atoms with van der Waals surface area (Å²) in [7, 11) is 0. The lowest BCUT2D eigenvalue weighted by molar-refractivity contribution is 0.623. The Kier molecular flexibility index (Phi) is 3.28. The minimum Gasteiger partial charge on any atom is -0.343 e. The number of hydrogen-bond donors (Lipinski definition) is 1. The molecule has 2 nitrogen and oxygen atoms in total. The molecule has 0 fully saturated rings. The number of rotatable bonds is 3. The fourth-order valence-corrected chi connectivity index (χ4v) is 2.60. The molecule has 1 heterocycles. The highest BCUT2D eigenvalue weighted by molar-refractivity contribution is 5.83. The van der Waals surface area contributed by atoms with Crippen LogP contribution in [-0.2, 0) is 13.1 Å². The zero-order chi connectivity index (χ0) is 14.1. The first kappa shape index (κ1) is 12.9. The molecule has 0 aliphatic heterocycles. The Labute approximate surface area is 117 Å². The topological polar surface area (TPSA) is 30.9 Å². The zero-order valence-electron chi connectivity index (χ0n) is 11.4. The van der Waals surface area contributed by atoms with Gasteiger partial charge in [0.25, 0.3) is 0 Å². The second-order valence-electron chi connectivity index (χ2n) is 5.07. The molecule has 20 heavy (non-hydrogen) atoms. The zero-order valence-corrected chi connectivity index (χ0v) is 11.4. The quantitative estimate of drug-likeness (QED) is 0.773.